The van der Waals surface area contributed by atoms with Gasteiger partial charge in [-0.1, -0.05) is 11.6 Å². The van der Waals surface area contributed by atoms with Gasteiger partial charge in [0.15, 0.2) is 0 Å². The summed E-state index contributed by atoms with van der Waals surface area (Å²) >= 11 is 5.97. The van der Waals surface area contributed by atoms with Gasteiger partial charge in [-0.3, -0.25) is 14.5 Å². The number of hydrogen-bond donors (Lipinski definition) is 1. The minimum Gasteiger partial charge on any atom is -0.457 e. The minimum absolute atomic E-state index is 0.116. The van der Waals surface area contributed by atoms with Gasteiger partial charge < -0.3 is 4.74 Å². The van der Waals surface area contributed by atoms with Crippen molar-refractivity contribution < 1.29 is 17.9 Å². The topological polar surface area (TPSA) is 85.4 Å². The smallest absolute Gasteiger partial charge is 0.261 e. The van der Waals surface area contributed by atoms with Crippen molar-refractivity contribution in [1.29, 1.82) is 0 Å². The van der Waals surface area contributed by atoms with Crippen molar-refractivity contribution in [2.75, 3.05) is 4.72 Å². The van der Waals surface area contributed by atoms with Crippen molar-refractivity contribution in [2.24, 2.45) is 0 Å². The second kappa shape index (κ2) is 7.50. The Kier molecular flexibility index (Phi) is 5.02. The molecule has 0 amide bonds. The molecule has 8 heteroatoms. The van der Waals surface area contributed by atoms with E-state index < -0.39 is 10.0 Å². The van der Waals surface area contributed by atoms with E-state index in [1.807, 2.05) is 0 Å². The first-order chi connectivity index (χ1) is 13.8. The maximum Gasteiger partial charge on any atom is 0.261 e. The van der Waals surface area contributed by atoms with Gasteiger partial charge >= 0.3 is 0 Å². The number of aromatic nitrogens is 1. The summed E-state index contributed by atoms with van der Waals surface area (Å²) in [6.07, 6.45) is 2.26. The first-order valence-corrected chi connectivity index (χ1v) is 10.7. The van der Waals surface area contributed by atoms with Crippen molar-refractivity contribution in [3.05, 3.63) is 76.6 Å². The summed E-state index contributed by atoms with van der Waals surface area (Å²) in [6.45, 7) is 1.75. The molecule has 0 saturated heterocycles. The van der Waals surface area contributed by atoms with Crippen LogP contribution in [-0.4, -0.2) is 19.2 Å². The molecule has 1 N–H and O–H groups in total. The number of benzene rings is 2. The van der Waals surface area contributed by atoms with Crippen LogP contribution in [0.4, 0.5) is 5.69 Å². The molecule has 1 heterocycles. The monoisotopic (exact) mass is 428 g/mol. The largest absolute Gasteiger partial charge is 0.457 e. The summed E-state index contributed by atoms with van der Waals surface area (Å²) in [5.74, 6) is 1.24. The van der Waals surface area contributed by atoms with Gasteiger partial charge in [-0.2, -0.15) is 0 Å². The average molecular weight is 429 g/mol. The fraction of sp³-hybridized carbons (Fsp3) is 0.143. The van der Waals surface area contributed by atoms with E-state index in [0.717, 1.165) is 11.3 Å². The number of hydrogen-bond acceptors (Lipinski definition) is 5. The normalized spacial score (nSPS) is 13.2. The molecule has 0 atom stereocenters. The van der Waals surface area contributed by atoms with E-state index in [-0.39, 0.29) is 10.7 Å². The van der Waals surface area contributed by atoms with Crippen LogP contribution in [0, 0.1) is 6.92 Å². The molecule has 0 radical (unpaired) electrons. The lowest BCUT2D eigenvalue weighted by atomic mass is 10.2. The Hall–Kier alpha value is -2.90. The number of carbonyl (C=O) groups is 1. The van der Waals surface area contributed by atoms with Crippen molar-refractivity contribution in [2.45, 2.75) is 24.7 Å². The highest BCUT2D eigenvalue weighted by atomic mass is 35.5. The van der Waals surface area contributed by atoms with Crippen molar-refractivity contribution in [1.82, 2.24) is 4.98 Å². The zero-order valence-corrected chi connectivity index (χ0v) is 17.0. The Morgan fingerprint density at radius 2 is 1.83 bits per heavy atom. The number of carbonyl (C=O) groups excluding carboxylic acids is 1. The molecule has 0 unspecified atom stereocenters. The molecule has 1 aliphatic rings. The lowest BCUT2D eigenvalue weighted by Crippen LogP contribution is -2.13. The number of pyridine rings is 1. The number of sulfonamides is 1. The number of nitrogens with zero attached hydrogens (tertiary/aromatic N) is 1. The van der Waals surface area contributed by atoms with E-state index in [2.05, 4.69) is 9.71 Å². The van der Waals surface area contributed by atoms with Gasteiger partial charge in [0.2, 0.25) is 0 Å². The zero-order valence-electron chi connectivity index (χ0n) is 15.5. The quantitative estimate of drug-likeness (QED) is 0.654. The number of fused-ring (bicyclic) bond motifs is 1. The Morgan fingerprint density at radius 1 is 1.07 bits per heavy atom. The highest BCUT2D eigenvalue weighted by Gasteiger charge is 2.23. The van der Waals surface area contributed by atoms with Crippen LogP contribution in [0.2, 0.25) is 5.02 Å². The van der Waals surface area contributed by atoms with E-state index in [1.165, 1.54) is 12.1 Å². The van der Waals surface area contributed by atoms with Crippen LogP contribution in [0.15, 0.2) is 59.6 Å². The molecule has 29 heavy (non-hydrogen) atoms. The number of nitrogens with one attached hydrogen (secondary N) is 1. The third kappa shape index (κ3) is 4.11. The molecule has 1 aliphatic carbocycles. The molecule has 4 rings (SSSR count). The van der Waals surface area contributed by atoms with E-state index in [0.29, 0.717) is 40.6 Å². The van der Waals surface area contributed by atoms with Crippen LogP contribution >= 0.6 is 11.6 Å². The second-order valence-electron chi connectivity index (χ2n) is 6.77. The Labute approximate surface area is 173 Å². The summed E-state index contributed by atoms with van der Waals surface area (Å²) in [4.78, 5) is 16.0. The van der Waals surface area contributed by atoms with E-state index in [4.69, 9.17) is 16.3 Å². The number of anilines is 1. The van der Waals surface area contributed by atoms with Crippen molar-refractivity contribution in [3.8, 4) is 11.5 Å². The maximum atomic E-state index is 12.6. The van der Waals surface area contributed by atoms with Crippen LogP contribution in [0.5, 0.6) is 11.5 Å². The molecule has 1 aromatic heterocycles. The fourth-order valence-electron chi connectivity index (χ4n) is 3.12. The molecule has 0 saturated carbocycles. The molecular weight excluding hydrogens is 412 g/mol. The Balaban J connectivity index is 1.51. The molecule has 6 nitrogen and oxygen atoms in total. The van der Waals surface area contributed by atoms with Crippen LogP contribution in [0.1, 0.15) is 16.8 Å². The van der Waals surface area contributed by atoms with Crippen LogP contribution < -0.4 is 9.46 Å². The molecule has 0 spiro atoms. The van der Waals surface area contributed by atoms with E-state index in [9.17, 15) is 13.2 Å². The maximum absolute atomic E-state index is 12.6. The van der Waals surface area contributed by atoms with Crippen LogP contribution in [0.3, 0.4) is 0 Å². The van der Waals surface area contributed by atoms with Gasteiger partial charge in [-0.25, -0.2) is 8.42 Å². The number of halogens is 1. The molecular formula is C21H17ClN2O4S. The third-order valence-corrected chi connectivity index (χ3v) is 6.42. The van der Waals surface area contributed by atoms with Crippen molar-refractivity contribution in [3.63, 3.8) is 0 Å². The van der Waals surface area contributed by atoms with Gasteiger partial charge in [0.25, 0.3) is 10.0 Å². The summed E-state index contributed by atoms with van der Waals surface area (Å²) in [6, 6.07) is 12.8. The first-order valence-electron chi connectivity index (χ1n) is 8.87. The van der Waals surface area contributed by atoms with Crippen LogP contribution in [-0.2, 0) is 27.7 Å². The molecule has 0 fully saturated rings. The van der Waals surface area contributed by atoms with E-state index in [1.54, 1.807) is 49.5 Å². The van der Waals surface area contributed by atoms with Gasteiger partial charge in [0.1, 0.15) is 17.3 Å². The summed E-state index contributed by atoms with van der Waals surface area (Å²) in [5.41, 5.74) is 2.64. The highest BCUT2D eigenvalue weighted by molar-refractivity contribution is 7.92. The van der Waals surface area contributed by atoms with Gasteiger partial charge in [0.05, 0.1) is 10.6 Å². The van der Waals surface area contributed by atoms with Gasteiger partial charge in [0, 0.05) is 35.3 Å². The fourth-order valence-corrected chi connectivity index (χ4v) is 4.38. The van der Waals surface area contributed by atoms with Crippen LogP contribution in [0.25, 0.3) is 0 Å². The second-order valence-corrected chi connectivity index (χ2v) is 8.86. The Bertz CT molecular complexity index is 1210. The summed E-state index contributed by atoms with van der Waals surface area (Å²) < 4.78 is 33.6. The number of ketones is 1. The zero-order chi connectivity index (χ0) is 20.6. The minimum atomic E-state index is -3.73. The molecule has 3 aromatic rings. The van der Waals surface area contributed by atoms with Gasteiger partial charge in [-0.15, -0.1) is 0 Å². The summed E-state index contributed by atoms with van der Waals surface area (Å²) in [7, 11) is -3.73. The molecule has 0 bridgehead atoms. The number of rotatable bonds is 5. The third-order valence-electron chi connectivity index (χ3n) is 4.61. The highest BCUT2D eigenvalue weighted by Crippen LogP contribution is 2.31. The predicted molar refractivity (Wildman–Crippen MR) is 110 cm³/mol. The SMILES string of the molecule is Cc1cc(S(=O)(=O)Nc2ccc(Oc3ccnc4c3CC(=O)C4)cc2)ccc1Cl. The lowest BCUT2D eigenvalue weighted by molar-refractivity contribution is -0.117. The molecule has 2 aromatic carbocycles. The Morgan fingerprint density at radius 3 is 2.55 bits per heavy atom. The van der Waals surface area contributed by atoms with Crippen molar-refractivity contribution >= 4 is 33.1 Å². The number of Topliss-reactive ketones (excluding diaryl/α,β-unsaturated/α-hetero) is 1. The lowest BCUT2D eigenvalue weighted by Gasteiger charge is -2.12. The predicted octanol–water partition coefficient (Wildman–Crippen LogP) is 4.30. The standard InChI is InChI=1S/C21H17ClN2O4S/c1-13-10-17(6-7-19(13)22)29(26,27)24-14-2-4-16(5-3-14)28-21-8-9-23-20-12-15(25)11-18(20)21/h2-10,24H,11-12H2,1H3. The molecule has 148 valence electrons. The summed E-state index contributed by atoms with van der Waals surface area (Å²) in [5, 5.41) is 0.509. The number of ether oxygens (including phenoxy) is 1. The average Bonchev–Trinajstić information content (AvgIpc) is 3.06. The molecule has 0 aliphatic heterocycles. The van der Waals surface area contributed by atoms with E-state index >= 15 is 0 Å². The first kappa shape index (κ1) is 19.4. The van der Waals surface area contributed by atoms with Gasteiger partial charge in [-0.05, 0) is 61.0 Å². The number of aryl methyl sites for hydroxylation is 1.